The molecule has 1 aliphatic rings. The van der Waals surface area contributed by atoms with Gasteiger partial charge < -0.3 is 65.1 Å². The summed E-state index contributed by atoms with van der Waals surface area (Å²) in [6.45, 7) is 28.2. The third-order valence-electron chi connectivity index (χ3n) is 16.2. The van der Waals surface area contributed by atoms with Crippen molar-refractivity contribution in [3.05, 3.63) is 0 Å². The summed E-state index contributed by atoms with van der Waals surface area (Å²) in [5.74, 6) is -11.5. The summed E-state index contributed by atoms with van der Waals surface area (Å²) >= 11 is 0. The van der Waals surface area contributed by atoms with E-state index in [0.717, 1.165) is 16.7 Å². The van der Waals surface area contributed by atoms with Gasteiger partial charge in [-0.25, -0.2) is 0 Å². The van der Waals surface area contributed by atoms with E-state index in [-0.39, 0.29) is 62.2 Å². The lowest BCUT2D eigenvalue weighted by atomic mass is 9.91. The number of carbonyl (C=O) groups excluding carboxylic acids is 13. The summed E-state index contributed by atoms with van der Waals surface area (Å²) in [6, 6.07) is -12.8. The van der Waals surface area contributed by atoms with Gasteiger partial charge in [-0.05, 0) is 81.5 Å². The van der Waals surface area contributed by atoms with Crippen molar-refractivity contribution in [3.8, 4) is 0 Å². The van der Waals surface area contributed by atoms with E-state index < -0.39 is 162 Å². The molecule has 0 unspecified atom stereocenters. The Morgan fingerprint density at radius 3 is 1.35 bits per heavy atom. The number of aldehydes is 1. The van der Waals surface area contributed by atoms with Gasteiger partial charge in [0.15, 0.2) is 0 Å². The molecule has 502 valence electrons. The molecule has 0 spiro atoms. The number of amides is 11. The Morgan fingerprint density at radius 1 is 0.489 bits per heavy atom. The van der Waals surface area contributed by atoms with Crippen molar-refractivity contribution >= 4 is 77.2 Å². The van der Waals surface area contributed by atoms with Crippen LogP contribution in [-0.2, 0) is 67.1 Å². The Balaban J connectivity index is 4.45. The molecule has 0 aromatic carbocycles. The lowest BCUT2D eigenvalue weighted by molar-refractivity contribution is -0.164. The van der Waals surface area contributed by atoms with Crippen molar-refractivity contribution in [3.63, 3.8) is 0 Å². The third kappa shape index (κ3) is 22.4. The first-order chi connectivity index (χ1) is 40.6. The van der Waals surface area contributed by atoms with Crippen molar-refractivity contribution in [1.82, 2.24) is 55.6 Å². The molecule has 1 fully saturated rings. The van der Waals surface area contributed by atoms with E-state index in [1.165, 1.54) is 87.7 Å². The topological polar surface area (TPSA) is 302 Å². The highest BCUT2D eigenvalue weighted by atomic mass is 16.5. The van der Waals surface area contributed by atoms with E-state index in [2.05, 4.69) is 21.3 Å². The first kappa shape index (κ1) is 79.3. The van der Waals surface area contributed by atoms with Crippen molar-refractivity contribution in [2.75, 3.05) is 55.9 Å². The first-order valence-electron chi connectivity index (χ1n) is 31.3. The third-order valence-corrected chi connectivity index (χ3v) is 16.2. The maximum atomic E-state index is 15.3. The highest BCUT2D eigenvalue weighted by Gasteiger charge is 2.47. The Hall–Kier alpha value is -6.69. The molecule has 0 saturated carbocycles. The first-order valence-corrected chi connectivity index (χ1v) is 31.3. The molecule has 1 aliphatic heterocycles. The molecule has 88 heavy (non-hydrogen) atoms. The van der Waals surface area contributed by atoms with Crippen LogP contribution in [0.15, 0.2) is 0 Å². The standard InChI is InChI=1S/C63H111N11O14/c1-25-26-44-59(83)68(18)33-49(77)69(19)45(29-34(2)3)56(80)67-50(38(10)11)62(86)70(20)46(30-35(4)5)55(79)64-41(15)54(78)65-42(16)58(82)71(21)47(31-36(6)7)60(84)72(22)48(32-37(8)9)61(85)73(23)51(39(12)13)63(87)74(24)52(57(81)66-44)53(88-43(17)76)40(14)27-28-75/h28,34-42,44-48,50-53H,25-27,29-33H2,1-24H3,(H,64,79)(H,65,78)(H,66,81)(H,67,80)/t40-,41-,42+,44+,45+,46-,47+,48+,50-,51+,52+,53-/m1/s1. The molecule has 0 bridgehead atoms. The molecular formula is C63H111N11O14. The molecule has 0 aromatic heterocycles. The number of rotatable bonds is 17. The van der Waals surface area contributed by atoms with Gasteiger partial charge >= 0.3 is 5.97 Å². The summed E-state index contributed by atoms with van der Waals surface area (Å²) in [5.41, 5.74) is 0. The molecule has 4 N–H and O–H groups in total. The van der Waals surface area contributed by atoms with E-state index in [4.69, 9.17) is 4.74 Å². The van der Waals surface area contributed by atoms with Crippen LogP contribution in [0.2, 0.25) is 0 Å². The van der Waals surface area contributed by atoms with E-state index in [1.807, 2.05) is 55.4 Å². The lowest BCUT2D eigenvalue weighted by Gasteiger charge is -2.42. The van der Waals surface area contributed by atoms with Crippen molar-refractivity contribution in [1.29, 1.82) is 0 Å². The second-order valence-corrected chi connectivity index (χ2v) is 26.7. The minimum absolute atomic E-state index is 0.0208. The zero-order valence-electron chi connectivity index (χ0n) is 57.5. The van der Waals surface area contributed by atoms with Gasteiger partial charge in [0.25, 0.3) is 0 Å². The van der Waals surface area contributed by atoms with Crippen molar-refractivity contribution < 1.29 is 67.1 Å². The van der Waals surface area contributed by atoms with Gasteiger partial charge in [0.1, 0.15) is 72.8 Å². The van der Waals surface area contributed by atoms with E-state index in [1.54, 1.807) is 41.5 Å². The molecule has 11 amide bonds. The average Bonchev–Trinajstić information content (AvgIpc) is 2.21. The molecule has 1 heterocycles. The number of likely N-dealkylation sites (N-methyl/N-ethyl adjacent to an activating group) is 7. The molecular weight excluding hydrogens is 1130 g/mol. The van der Waals surface area contributed by atoms with E-state index >= 15 is 19.2 Å². The molecule has 0 radical (unpaired) electrons. The van der Waals surface area contributed by atoms with Gasteiger partial charge in [0.2, 0.25) is 65.0 Å². The predicted molar refractivity (Wildman–Crippen MR) is 334 cm³/mol. The molecule has 25 heteroatoms. The summed E-state index contributed by atoms with van der Waals surface area (Å²) in [5, 5.41) is 11.0. The van der Waals surface area contributed by atoms with Crippen LogP contribution in [-0.4, -0.2) is 234 Å². The van der Waals surface area contributed by atoms with Gasteiger partial charge in [-0.1, -0.05) is 103 Å². The smallest absolute Gasteiger partial charge is 0.303 e. The molecule has 1 rings (SSSR count). The Bertz CT molecular complexity index is 2430. The van der Waals surface area contributed by atoms with Gasteiger partial charge in [0.05, 0.1) is 6.54 Å². The number of esters is 1. The number of hydrogen-bond donors (Lipinski definition) is 4. The zero-order chi connectivity index (χ0) is 68.3. The highest BCUT2D eigenvalue weighted by molar-refractivity contribution is 5.99. The van der Waals surface area contributed by atoms with Gasteiger partial charge in [-0.3, -0.25) is 57.5 Å². The van der Waals surface area contributed by atoms with Crippen LogP contribution < -0.4 is 21.3 Å². The molecule has 25 nitrogen and oxygen atoms in total. The van der Waals surface area contributed by atoms with Crippen LogP contribution in [0.4, 0.5) is 0 Å². The van der Waals surface area contributed by atoms with Crippen molar-refractivity contribution in [2.45, 2.75) is 229 Å². The monoisotopic (exact) mass is 1250 g/mol. The molecule has 1 saturated heterocycles. The maximum absolute atomic E-state index is 15.3. The maximum Gasteiger partial charge on any atom is 0.303 e. The molecule has 0 aliphatic carbocycles. The largest absolute Gasteiger partial charge is 0.459 e. The fraction of sp³-hybridized carbons (Fsp3) is 0.794. The Kier molecular flexibility index (Phi) is 32.5. The normalized spacial score (nSPS) is 26.2. The van der Waals surface area contributed by atoms with Crippen LogP contribution in [0.3, 0.4) is 0 Å². The molecule has 12 atom stereocenters. The summed E-state index contributed by atoms with van der Waals surface area (Å²) in [6.07, 6.45) is -0.305. The number of nitrogens with one attached hydrogen (secondary N) is 4. The minimum Gasteiger partial charge on any atom is -0.459 e. The summed E-state index contributed by atoms with van der Waals surface area (Å²) in [7, 11) is 9.69. The lowest BCUT2D eigenvalue weighted by Crippen LogP contribution is -2.64. The SMILES string of the molecule is CCC[C@@H]1NC(=O)[C@H]([C@H](OC(C)=O)[C@H](C)CC=O)N(C)C(=O)[C@H](C(C)C)N(C)C(=O)[C@H](CC(C)C)N(C)C(=O)[C@H](CC(C)C)N(C)C(=O)[C@H](C)NC(=O)[C@@H](C)NC(=O)[C@@H](CC(C)C)N(C)C(=O)[C@@H](C(C)C)NC(=O)[C@H](CC(C)C)N(C)C(=O)CN(C)C1=O. The number of carbonyl (C=O) groups is 13. The van der Waals surface area contributed by atoms with E-state index in [9.17, 15) is 43.2 Å². The van der Waals surface area contributed by atoms with E-state index in [0.29, 0.717) is 12.7 Å². The van der Waals surface area contributed by atoms with Crippen LogP contribution in [0, 0.1) is 41.4 Å². The molecule has 0 aromatic rings. The van der Waals surface area contributed by atoms with Gasteiger partial charge in [-0.2, -0.15) is 0 Å². The zero-order valence-corrected chi connectivity index (χ0v) is 57.5. The fourth-order valence-electron chi connectivity index (χ4n) is 11.0. The highest BCUT2D eigenvalue weighted by Crippen LogP contribution is 2.26. The van der Waals surface area contributed by atoms with Crippen molar-refractivity contribution in [2.24, 2.45) is 41.4 Å². The predicted octanol–water partition coefficient (Wildman–Crippen LogP) is 2.85. The van der Waals surface area contributed by atoms with Gasteiger partial charge in [0, 0.05) is 68.6 Å². The minimum atomic E-state index is -1.73. The second kappa shape index (κ2) is 36.1. The second-order valence-electron chi connectivity index (χ2n) is 26.7. The number of nitrogens with zero attached hydrogens (tertiary/aromatic N) is 7. The Labute approximate surface area is 524 Å². The summed E-state index contributed by atoms with van der Waals surface area (Å²) < 4.78 is 5.79. The quantitative estimate of drug-likeness (QED) is 0.120. The van der Waals surface area contributed by atoms with Crippen LogP contribution in [0.25, 0.3) is 0 Å². The van der Waals surface area contributed by atoms with Gasteiger partial charge in [-0.15, -0.1) is 0 Å². The fourth-order valence-corrected chi connectivity index (χ4v) is 11.0. The van der Waals surface area contributed by atoms with Crippen LogP contribution in [0.1, 0.15) is 163 Å². The van der Waals surface area contributed by atoms with Crippen LogP contribution in [0.5, 0.6) is 0 Å². The van der Waals surface area contributed by atoms with Crippen LogP contribution >= 0.6 is 0 Å². The average molecular weight is 1250 g/mol. The number of ether oxygens (including phenoxy) is 1. The summed E-state index contributed by atoms with van der Waals surface area (Å²) in [4.78, 5) is 194. The Morgan fingerprint density at radius 2 is 0.909 bits per heavy atom. The number of hydrogen-bond acceptors (Lipinski definition) is 14.